The predicted molar refractivity (Wildman–Crippen MR) is 88.3 cm³/mol. The maximum absolute atomic E-state index is 12.2. The number of anilines is 3. The number of carbonyl (C=O) groups is 3. The number of nitrogens with two attached hydrogens (primary N) is 1. The van der Waals surface area contributed by atoms with E-state index in [4.69, 9.17) is 5.73 Å². The zero-order valence-corrected chi connectivity index (χ0v) is 12.4. The molecule has 0 aliphatic heterocycles. The van der Waals surface area contributed by atoms with Crippen LogP contribution in [0.4, 0.5) is 21.9 Å². The molecule has 0 aromatic heterocycles. The fourth-order valence-corrected chi connectivity index (χ4v) is 1.96. The molecule has 0 aliphatic rings. The van der Waals surface area contributed by atoms with Crippen molar-refractivity contribution in [1.82, 2.24) is 0 Å². The molecule has 0 bridgehead atoms. The third kappa shape index (κ3) is 4.85. The van der Waals surface area contributed by atoms with Gasteiger partial charge in [-0.1, -0.05) is 12.1 Å². The number of rotatable bonds is 4. The first-order valence-corrected chi connectivity index (χ1v) is 6.79. The zero-order valence-electron chi connectivity index (χ0n) is 12.4. The Hall–Kier alpha value is -3.35. The quantitative estimate of drug-likeness (QED) is 0.695. The van der Waals surface area contributed by atoms with Crippen LogP contribution in [0.1, 0.15) is 17.3 Å². The predicted octanol–water partition coefficient (Wildman–Crippen LogP) is 2.39. The highest BCUT2D eigenvalue weighted by molar-refractivity contribution is 6.05. The summed E-state index contributed by atoms with van der Waals surface area (Å²) in [5.41, 5.74) is 6.96. The summed E-state index contributed by atoms with van der Waals surface area (Å²) in [5, 5.41) is 7.76. The highest BCUT2D eigenvalue weighted by Crippen LogP contribution is 2.17. The Balaban J connectivity index is 2.12. The van der Waals surface area contributed by atoms with Crippen molar-refractivity contribution >= 4 is 34.9 Å². The average Bonchev–Trinajstić information content (AvgIpc) is 2.46. The van der Waals surface area contributed by atoms with Gasteiger partial charge >= 0.3 is 6.03 Å². The van der Waals surface area contributed by atoms with Crippen LogP contribution in [-0.4, -0.2) is 17.8 Å². The van der Waals surface area contributed by atoms with Gasteiger partial charge in [-0.15, -0.1) is 0 Å². The van der Waals surface area contributed by atoms with E-state index in [0.717, 1.165) is 0 Å². The van der Waals surface area contributed by atoms with Crippen LogP contribution in [0.5, 0.6) is 0 Å². The van der Waals surface area contributed by atoms with Crippen LogP contribution in [0.2, 0.25) is 0 Å². The molecule has 2 rings (SSSR count). The maximum Gasteiger partial charge on any atom is 0.316 e. The lowest BCUT2D eigenvalue weighted by molar-refractivity contribution is -0.114. The van der Waals surface area contributed by atoms with Gasteiger partial charge in [-0.3, -0.25) is 9.59 Å². The molecule has 0 heterocycles. The molecule has 7 nitrogen and oxygen atoms in total. The first-order valence-electron chi connectivity index (χ1n) is 6.79. The molecule has 0 aliphatic carbocycles. The van der Waals surface area contributed by atoms with Gasteiger partial charge in [0.05, 0.1) is 0 Å². The highest BCUT2D eigenvalue weighted by atomic mass is 16.2. The van der Waals surface area contributed by atoms with E-state index in [1.165, 1.54) is 13.0 Å². The average molecular weight is 312 g/mol. The number of hydrogen-bond donors (Lipinski definition) is 4. The Kier molecular flexibility index (Phi) is 4.93. The number of amides is 4. The molecular formula is C16H16N4O3. The fourth-order valence-electron chi connectivity index (χ4n) is 1.96. The first-order chi connectivity index (χ1) is 10.9. The van der Waals surface area contributed by atoms with Crippen molar-refractivity contribution in [3.63, 3.8) is 0 Å². The van der Waals surface area contributed by atoms with Crippen molar-refractivity contribution in [2.45, 2.75) is 6.92 Å². The van der Waals surface area contributed by atoms with Crippen LogP contribution >= 0.6 is 0 Å². The van der Waals surface area contributed by atoms with E-state index in [9.17, 15) is 14.4 Å². The van der Waals surface area contributed by atoms with Crippen LogP contribution < -0.4 is 21.7 Å². The molecule has 0 fully saturated rings. The SMILES string of the molecule is CC(=O)Nc1cccc(NC(=O)c2cccc(NC(N)=O)c2)c1. The molecule has 5 N–H and O–H groups in total. The van der Waals surface area contributed by atoms with Crippen LogP contribution in [0, 0.1) is 0 Å². The van der Waals surface area contributed by atoms with Crippen LogP contribution in [0.3, 0.4) is 0 Å². The standard InChI is InChI=1S/C16H16N4O3/c1-10(21)18-13-6-3-7-14(9-13)19-15(22)11-4-2-5-12(8-11)20-16(17)23/h2-9H,1H3,(H,18,21)(H,19,22)(H3,17,20,23). The molecule has 4 amide bonds. The normalized spacial score (nSPS) is 9.78. The van der Waals surface area contributed by atoms with E-state index < -0.39 is 6.03 Å². The summed E-state index contributed by atoms with van der Waals surface area (Å²) in [6.45, 7) is 1.41. The van der Waals surface area contributed by atoms with Crippen molar-refractivity contribution in [3.8, 4) is 0 Å². The molecular weight excluding hydrogens is 296 g/mol. The topological polar surface area (TPSA) is 113 Å². The van der Waals surface area contributed by atoms with E-state index in [0.29, 0.717) is 22.6 Å². The summed E-state index contributed by atoms with van der Waals surface area (Å²) in [6, 6.07) is 12.5. The van der Waals surface area contributed by atoms with Crippen molar-refractivity contribution in [2.24, 2.45) is 5.73 Å². The molecule has 0 spiro atoms. The highest BCUT2D eigenvalue weighted by Gasteiger charge is 2.08. The van der Waals surface area contributed by atoms with Gasteiger partial charge in [0.25, 0.3) is 5.91 Å². The fraction of sp³-hybridized carbons (Fsp3) is 0.0625. The van der Waals surface area contributed by atoms with Gasteiger partial charge in [0.15, 0.2) is 0 Å². The molecule has 0 saturated carbocycles. The molecule has 2 aromatic carbocycles. The van der Waals surface area contributed by atoms with Gasteiger partial charge in [-0.2, -0.15) is 0 Å². The molecule has 2 aromatic rings. The second-order valence-corrected chi connectivity index (χ2v) is 4.79. The van der Waals surface area contributed by atoms with E-state index in [2.05, 4.69) is 16.0 Å². The van der Waals surface area contributed by atoms with Gasteiger partial charge in [-0.25, -0.2) is 4.79 Å². The third-order valence-corrected chi connectivity index (χ3v) is 2.83. The largest absolute Gasteiger partial charge is 0.351 e. The summed E-state index contributed by atoms with van der Waals surface area (Å²) in [4.78, 5) is 34.1. The summed E-state index contributed by atoms with van der Waals surface area (Å²) in [5.74, 6) is -0.545. The Morgan fingerprint density at radius 2 is 1.39 bits per heavy atom. The minimum Gasteiger partial charge on any atom is -0.351 e. The van der Waals surface area contributed by atoms with E-state index in [1.54, 1.807) is 42.5 Å². The Labute approximate surface area is 132 Å². The molecule has 0 saturated heterocycles. The van der Waals surface area contributed by atoms with Gasteiger partial charge in [0.2, 0.25) is 5.91 Å². The smallest absolute Gasteiger partial charge is 0.316 e. The van der Waals surface area contributed by atoms with Gasteiger partial charge in [-0.05, 0) is 36.4 Å². The van der Waals surface area contributed by atoms with Crippen molar-refractivity contribution in [1.29, 1.82) is 0 Å². The molecule has 0 atom stereocenters. The number of benzene rings is 2. The number of nitrogens with one attached hydrogen (secondary N) is 3. The third-order valence-electron chi connectivity index (χ3n) is 2.83. The zero-order chi connectivity index (χ0) is 16.8. The number of urea groups is 1. The minimum atomic E-state index is -0.703. The maximum atomic E-state index is 12.2. The first kappa shape index (κ1) is 16.0. The molecule has 0 radical (unpaired) electrons. The number of hydrogen-bond acceptors (Lipinski definition) is 3. The number of carbonyl (C=O) groups excluding carboxylic acids is 3. The van der Waals surface area contributed by atoms with Gasteiger partial charge in [0.1, 0.15) is 0 Å². The second-order valence-electron chi connectivity index (χ2n) is 4.79. The lowest BCUT2D eigenvalue weighted by Crippen LogP contribution is -2.19. The van der Waals surface area contributed by atoms with Crippen molar-refractivity contribution in [2.75, 3.05) is 16.0 Å². The Morgan fingerprint density at radius 1 is 0.826 bits per heavy atom. The summed E-state index contributed by atoms with van der Waals surface area (Å²) in [7, 11) is 0. The second kappa shape index (κ2) is 7.08. The lowest BCUT2D eigenvalue weighted by Gasteiger charge is -2.09. The van der Waals surface area contributed by atoms with Crippen LogP contribution in [0.25, 0.3) is 0 Å². The number of primary amides is 1. The van der Waals surface area contributed by atoms with E-state index >= 15 is 0 Å². The minimum absolute atomic E-state index is 0.196. The van der Waals surface area contributed by atoms with Crippen molar-refractivity contribution < 1.29 is 14.4 Å². The Morgan fingerprint density at radius 3 is 2.00 bits per heavy atom. The molecule has 118 valence electrons. The van der Waals surface area contributed by atoms with E-state index in [1.807, 2.05) is 0 Å². The van der Waals surface area contributed by atoms with Crippen LogP contribution in [0.15, 0.2) is 48.5 Å². The van der Waals surface area contributed by atoms with E-state index in [-0.39, 0.29) is 11.8 Å². The van der Waals surface area contributed by atoms with Gasteiger partial charge in [0, 0.05) is 29.5 Å². The Bertz CT molecular complexity index is 758. The molecule has 0 unspecified atom stereocenters. The summed E-state index contributed by atoms with van der Waals surface area (Å²) < 4.78 is 0. The monoisotopic (exact) mass is 312 g/mol. The van der Waals surface area contributed by atoms with Crippen molar-refractivity contribution in [3.05, 3.63) is 54.1 Å². The summed E-state index contributed by atoms with van der Waals surface area (Å²) in [6.07, 6.45) is 0. The van der Waals surface area contributed by atoms with Crippen LogP contribution in [-0.2, 0) is 4.79 Å². The summed E-state index contributed by atoms with van der Waals surface area (Å²) >= 11 is 0. The molecule has 7 heteroatoms. The van der Waals surface area contributed by atoms with Gasteiger partial charge < -0.3 is 21.7 Å². The lowest BCUT2D eigenvalue weighted by atomic mass is 10.2. The molecule has 23 heavy (non-hydrogen) atoms.